The highest BCUT2D eigenvalue weighted by Crippen LogP contribution is 2.30. The van der Waals surface area contributed by atoms with E-state index in [1.807, 2.05) is 0 Å². The Morgan fingerprint density at radius 3 is 2.39 bits per heavy atom. The van der Waals surface area contributed by atoms with Crippen LogP contribution < -0.4 is 15.0 Å². The molecule has 0 aliphatic heterocycles. The van der Waals surface area contributed by atoms with Crippen molar-refractivity contribution in [2.24, 2.45) is 0 Å². The summed E-state index contributed by atoms with van der Waals surface area (Å²) in [6.07, 6.45) is 1.29. The van der Waals surface area contributed by atoms with E-state index in [-0.39, 0.29) is 22.6 Å². The molecule has 0 amide bonds. The molecule has 3 aromatic rings. The summed E-state index contributed by atoms with van der Waals surface area (Å²) < 4.78 is 41.6. The highest BCUT2D eigenvalue weighted by atomic mass is 32.2. The van der Waals surface area contributed by atoms with Gasteiger partial charge in [0.15, 0.2) is 11.5 Å². The molecule has 0 spiro atoms. The van der Waals surface area contributed by atoms with Crippen LogP contribution in [0, 0.1) is 6.92 Å². The minimum atomic E-state index is -4.03. The molecule has 0 aliphatic carbocycles. The topological polar surface area (TPSA) is 96.7 Å². The van der Waals surface area contributed by atoms with Crippen molar-refractivity contribution >= 4 is 21.0 Å². The maximum absolute atomic E-state index is 13.1. The second kappa shape index (κ2) is 7.61. The average molecular weight is 404 g/mol. The van der Waals surface area contributed by atoms with E-state index in [2.05, 4.69) is 4.98 Å². The Balaban J connectivity index is 2.32. The van der Waals surface area contributed by atoms with Crippen molar-refractivity contribution in [3.05, 3.63) is 52.6 Å². The molecule has 0 aliphatic rings. The first-order chi connectivity index (χ1) is 13.3. The van der Waals surface area contributed by atoms with Crippen LogP contribution in [-0.2, 0) is 14.3 Å². The van der Waals surface area contributed by atoms with Gasteiger partial charge >= 0.3 is 0 Å². The van der Waals surface area contributed by atoms with E-state index in [1.54, 1.807) is 32.0 Å². The van der Waals surface area contributed by atoms with Crippen LogP contribution in [0.5, 0.6) is 11.5 Å². The first-order valence-corrected chi connectivity index (χ1v) is 9.87. The smallest absolute Gasteiger partial charge is 0.299 e. The highest BCUT2D eigenvalue weighted by molar-refractivity contribution is 7.86. The van der Waals surface area contributed by atoms with Gasteiger partial charge in [0.05, 0.1) is 37.4 Å². The van der Waals surface area contributed by atoms with Gasteiger partial charge in [-0.2, -0.15) is 8.42 Å². The Hall–Kier alpha value is -2.91. The number of ether oxygens (including phenoxy) is 2. The van der Waals surface area contributed by atoms with Crippen LogP contribution in [0.4, 0.5) is 0 Å². The van der Waals surface area contributed by atoms with Crippen molar-refractivity contribution in [1.29, 1.82) is 0 Å². The standard InChI is InChI=1S/C19H20N2O6S/c1-5-27-28(23,24)18-7-6-12(2)8-15(18)21-11-20-14-10-17(26-4)16(25-3)9-13(14)19(21)22/h6-11H,5H2,1-4H3. The number of benzene rings is 2. The normalized spacial score (nSPS) is 11.6. The molecule has 1 heterocycles. The molecular formula is C19H20N2O6S. The number of hydrogen-bond donors (Lipinski definition) is 0. The van der Waals surface area contributed by atoms with E-state index in [0.717, 1.165) is 5.56 Å². The number of hydrogen-bond acceptors (Lipinski definition) is 7. The fraction of sp³-hybridized carbons (Fsp3) is 0.263. The molecular weight excluding hydrogens is 384 g/mol. The van der Waals surface area contributed by atoms with Gasteiger partial charge in [-0.1, -0.05) is 6.07 Å². The second-order valence-corrected chi connectivity index (χ2v) is 7.56. The zero-order chi connectivity index (χ0) is 20.5. The van der Waals surface area contributed by atoms with Gasteiger partial charge in [-0.05, 0) is 37.6 Å². The van der Waals surface area contributed by atoms with E-state index in [9.17, 15) is 13.2 Å². The lowest BCUT2D eigenvalue weighted by Gasteiger charge is -2.14. The lowest BCUT2D eigenvalue weighted by Crippen LogP contribution is -2.22. The van der Waals surface area contributed by atoms with Crippen LogP contribution in [0.1, 0.15) is 12.5 Å². The molecule has 0 saturated carbocycles. The number of aromatic nitrogens is 2. The van der Waals surface area contributed by atoms with Crippen molar-refractivity contribution in [2.75, 3.05) is 20.8 Å². The van der Waals surface area contributed by atoms with Crippen molar-refractivity contribution in [1.82, 2.24) is 9.55 Å². The molecule has 0 atom stereocenters. The first-order valence-electron chi connectivity index (χ1n) is 8.46. The van der Waals surface area contributed by atoms with E-state index in [1.165, 1.54) is 37.2 Å². The third-order valence-electron chi connectivity index (χ3n) is 4.18. The first kappa shape index (κ1) is 19.8. The number of methoxy groups -OCH3 is 2. The summed E-state index contributed by atoms with van der Waals surface area (Å²) in [6.45, 7) is 3.36. The average Bonchev–Trinajstić information content (AvgIpc) is 2.67. The van der Waals surface area contributed by atoms with E-state index >= 15 is 0 Å². The molecule has 9 heteroatoms. The van der Waals surface area contributed by atoms with E-state index in [4.69, 9.17) is 13.7 Å². The molecule has 0 fully saturated rings. The van der Waals surface area contributed by atoms with Gasteiger partial charge in [-0.3, -0.25) is 13.5 Å². The molecule has 0 unspecified atom stereocenters. The predicted octanol–water partition coefficient (Wildman–Crippen LogP) is 2.44. The molecule has 8 nitrogen and oxygen atoms in total. The maximum atomic E-state index is 13.1. The summed E-state index contributed by atoms with van der Waals surface area (Å²) in [7, 11) is -1.08. The summed E-state index contributed by atoms with van der Waals surface area (Å²) in [6, 6.07) is 7.77. The number of nitrogens with zero attached hydrogens (tertiary/aromatic N) is 2. The Morgan fingerprint density at radius 2 is 1.75 bits per heavy atom. The maximum Gasteiger partial charge on any atom is 0.299 e. The van der Waals surface area contributed by atoms with E-state index in [0.29, 0.717) is 17.0 Å². The Bertz CT molecular complexity index is 1200. The zero-order valence-electron chi connectivity index (χ0n) is 15.9. The predicted molar refractivity (Wildman–Crippen MR) is 104 cm³/mol. The molecule has 0 radical (unpaired) electrons. The summed E-state index contributed by atoms with van der Waals surface area (Å²) in [5, 5.41) is 0.265. The lowest BCUT2D eigenvalue weighted by atomic mass is 10.2. The molecule has 3 rings (SSSR count). The van der Waals surface area contributed by atoms with Gasteiger partial charge < -0.3 is 9.47 Å². The van der Waals surface area contributed by atoms with Gasteiger partial charge in [0.25, 0.3) is 15.7 Å². The molecule has 2 aromatic carbocycles. The van der Waals surface area contributed by atoms with Crippen molar-refractivity contribution in [3.8, 4) is 17.2 Å². The number of aryl methyl sites for hydroxylation is 1. The van der Waals surface area contributed by atoms with Crippen LogP contribution in [-0.4, -0.2) is 38.8 Å². The van der Waals surface area contributed by atoms with Crippen molar-refractivity contribution in [2.45, 2.75) is 18.7 Å². The van der Waals surface area contributed by atoms with Gasteiger partial charge in [0.1, 0.15) is 11.2 Å². The quantitative estimate of drug-likeness (QED) is 0.582. The Labute approximate surface area is 162 Å². The number of rotatable bonds is 6. The molecule has 28 heavy (non-hydrogen) atoms. The molecule has 0 N–H and O–H groups in total. The molecule has 0 saturated heterocycles. The van der Waals surface area contributed by atoms with Gasteiger partial charge in [0, 0.05) is 6.07 Å². The third-order valence-corrected chi connectivity index (χ3v) is 5.61. The second-order valence-electron chi connectivity index (χ2n) is 5.98. The van der Waals surface area contributed by atoms with Crippen LogP contribution in [0.25, 0.3) is 16.6 Å². The molecule has 148 valence electrons. The Kier molecular flexibility index (Phi) is 5.39. The van der Waals surface area contributed by atoms with Crippen molar-refractivity contribution < 1.29 is 22.1 Å². The van der Waals surface area contributed by atoms with Gasteiger partial charge in [-0.15, -0.1) is 0 Å². The minimum Gasteiger partial charge on any atom is -0.493 e. The zero-order valence-corrected chi connectivity index (χ0v) is 16.7. The van der Waals surface area contributed by atoms with Crippen LogP contribution in [0.15, 0.2) is 46.3 Å². The van der Waals surface area contributed by atoms with Gasteiger partial charge in [0.2, 0.25) is 0 Å². The Morgan fingerprint density at radius 1 is 1.07 bits per heavy atom. The van der Waals surface area contributed by atoms with Crippen LogP contribution >= 0.6 is 0 Å². The lowest BCUT2D eigenvalue weighted by molar-refractivity contribution is 0.338. The van der Waals surface area contributed by atoms with Crippen LogP contribution in [0.2, 0.25) is 0 Å². The summed E-state index contributed by atoms with van der Waals surface area (Å²) >= 11 is 0. The monoisotopic (exact) mass is 404 g/mol. The highest BCUT2D eigenvalue weighted by Gasteiger charge is 2.22. The van der Waals surface area contributed by atoms with E-state index < -0.39 is 15.7 Å². The molecule has 0 bridgehead atoms. The van der Waals surface area contributed by atoms with Crippen LogP contribution in [0.3, 0.4) is 0 Å². The van der Waals surface area contributed by atoms with Crippen molar-refractivity contribution in [3.63, 3.8) is 0 Å². The minimum absolute atomic E-state index is 0.0164. The molecule has 1 aromatic heterocycles. The SMILES string of the molecule is CCOS(=O)(=O)c1ccc(C)cc1-n1cnc2cc(OC)c(OC)cc2c1=O. The summed E-state index contributed by atoms with van der Waals surface area (Å²) in [4.78, 5) is 17.3. The fourth-order valence-corrected chi connectivity index (χ4v) is 3.95. The fourth-order valence-electron chi connectivity index (χ4n) is 2.87. The summed E-state index contributed by atoms with van der Waals surface area (Å²) in [5.41, 5.74) is 0.915. The van der Waals surface area contributed by atoms with Gasteiger partial charge in [-0.25, -0.2) is 4.98 Å². The number of fused-ring (bicyclic) bond motifs is 1. The third kappa shape index (κ3) is 3.46. The summed E-state index contributed by atoms with van der Waals surface area (Å²) in [5.74, 6) is 0.813. The largest absolute Gasteiger partial charge is 0.493 e.